The Morgan fingerprint density at radius 3 is 2.16 bits per heavy atom. The van der Waals surface area contributed by atoms with E-state index < -0.39 is 0 Å². The smallest absolute Gasteiger partial charge is 0.258 e. The third-order valence-corrected chi connectivity index (χ3v) is 4.05. The summed E-state index contributed by atoms with van der Waals surface area (Å²) in [7, 11) is 0. The van der Waals surface area contributed by atoms with Crippen LogP contribution >= 0.6 is 0 Å². The van der Waals surface area contributed by atoms with Gasteiger partial charge < -0.3 is 10.1 Å². The lowest BCUT2D eigenvalue weighted by Gasteiger charge is -2.21. The number of rotatable bonds is 6. The van der Waals surface area contributed by atoms with Crippen molar-refractivity contribution >= 4 is 5.91 Å². The number of ether oxygens (including phenoxy) is 1. The molecule has 3 aromatic carbocycles. The topological polar surface area (TPSA) is 38.3 Å². The molecule has 3 aromatic rings. The number of nitrogens with one attached hydrogen (secondary N) is 1. The van der Waals surface area contributed by atoms with Gasteiger partial charge in [-0.25, -0.2) is 0 Å². The largest absolute Gasteiger partial charge is 0.484 e. The van der Waals surface area contributed by atoms with Crippen LogP contribution in [-0.4, -0.2) is 12.5 Å². The molecule has 25 heavy (non-hydrogen) atoms. The molecule has 0 saturated carbocycles. The number of hydrogen-bond acceptors (Lipinski definition) is 2. The first-order valence-electron chi connectivity index (χ1n) is 8.32. The first-order valence-corrected chi connectivity index (χ1v) is 8.32. The van der Waals surface area contributed by atoms with E-state index in [1.807, 2.05) is 78.9 Å². The second kappa shape index (κ2) is 8.15. The van der Waals surface area contributed by atoms with Crippen LogP contribution in [0, 0.1) is 6.92 Å². The van der Waals surface area contributed by atoms with Gasteiger partial charge in [0.15, 0.2) is 6.61 Å². The molecule has 0 aliphatic rings. The molecule has 0 radical (unpaired) electrons. The molecule has 1 N–H and O–H groups in total. The SMILES string of the molecule is Cc1ccccc1[C@@H](NC(=O)COc1ccccc1)c1ccccc1. The number of aryl methyl sites for hydroxylation is 1. The van der Waals surface area contributed by atoms with Crippen LogP contribution in [0.4, 0.5) is 0 Å². The van der Waals surface area contributed by atoms with Crippen LogP contribution in [-0.2, 0) is 4.79 Å². The van der Waals surface area contributed by atoms with Crippen molar-refractivity contribution in [1.82, 2.24) is 5.32 Å². The summed E-state index contributed by atoms with van der Waals surface area (Å²) in [5.74, 6) is 0.533. The molecule has 3 rings (SSSR count). The van der Waals surface area contributed by atoms with Gasteiger partial charge >= 0.3 is 0 Å². The van der Waals surface area contributed by atoms with Crippen molar-refractivity contribution in [3.63, 3.8) is 0 Å². The minimum absolute atomic E-state index is 0.0147. The Labute approximate surface area is 148 Å². The Bertz CT molecular complexity index is 816. The maximum atomic E-state index is 12.4. The summed E-state index contributed by atoms with van der Waals surface area (Å²) < 4.78 is 5.56. The summed E-state index contributed by atoms with van der Waals surface area (Å²) in [5.41, 5.74) is 3.27. The Kier molecular flexibility index (Phi) is 5.47. The van der Waals surface area contributed by atoms with Crippen LogP contribution in [0.1, 0.15) is 22.7 Å². The molecule has 0 aromatic heterocycles. The van der Waals surface area contributed by atoms with Crippen molar-refractivity contribution in [3.05, 3.63) is 102 Å². The first kappa shape index (κ1) is 16.8. The van der Waals surface area contributed by atoms with E-state index in [0.717, 1.165) is 16.7 Å². The third-order valence-electron chi connectivity index (χ3n) is 4.05. The van der Waals surface area contributed by atoms with E-state index in [0.29, 0.717) is 5.75 Å². The van der Waals surface area contributed by atoms with Crippen LogP contribution in [0.3, 0.4) is 0 Å². The Balaban J connectivity index is 1.76. The normalized spacial score (nSPS) is 11.6. The molecule has 0 bridgehead atoms. The van der Waals surface area contributed by atoms with Gasteiger partial charge in [-0.15, -0.1) is 0 Å². The molecule has 0 aliphatic carbocycles. The van der Waals surface area contributed by atoms with E-state index >= 15 is 0 Å². The van der Waals surface area contributed by atoms with Gasteiger partial charge in [0, 0.05) is 0 Å². The summed E-state index contributed by atoms with van der Waals surface area (Å²) in [6.45, 7) is 2.04. The average Bonchev–Trinajstić information content (AvgIpc) is 2.67. The maximum Gasteiger partial charge on any atom is 0.258 e. The molecule has 1 atom stereocenters. The summed E-state index contributed by atoms with van der Waals surface area (Å²) >= 11 is 0. The van der Waals surface area contributed by atoms with E-state index in [-0.39, 0.29) is 18.6 Å². The average molecular weight is 331 g/mol. The van der Waals surface area contributed by atoms with E-state index in [9.17, 15) is 4.79 Å². The number of benzene rings is 3. The summed E-state index contributed by atoms with van der Waals surface area (Å²) in [6, 6.07) is 27.2. The minimum Gasteiger partial charge on any atom is -0.484 e. The molecule has 126 valence electrons. The first-order chi connectivity index (χ1) is 12.2. The van der Waals surface area contributed by atoms with Crippen molar-refractivity contribution in [2.45, 2.75) is 13.0 Å². The second-order valence-electron chi connectivity index (χ2n) is 5.87. The fourth-order valence-electron chi connectivity index (χ4n) is 2.77. The van der Waals surface area contributed by atoms with Crippen molar-refractivity contribution < 1.29 is 9.53 Å². The van der Waals surface area contributed by atoms with Gasteiger partial charge in [-0.05, 0) is 35.7 Å². The van der Waals surface area contributed by atoms with Crippen molar-refractivity contribution in [3.8, 4) is 5.75 Å². The summed E-state index contributed by atoms with van der Waals surface area (Å²) in [6.07, 6.45) is 0. The Morgan fingerprint density at radius 1 is 0.880 bits per heavy atom. The highest BCUT2D eigenvalue weighted by molar-refractivity contribution is 5.78. The lowest BCUT2D eigenvalue weighted by molar-refractivity contribution is -0.123. The fraction of sp³-hybridized carbons (Fsp3) is 0.136. The molecule has 0 spiro atoms. The zero-order valence-corrected chi connectivity index (χ0v) is 14.2. The van der Waals surface area contributed by atoms with Crippen LogP contribution in [0.15, 0.2) is 84.9 Å². The van der Waals surface area contributed by atoms with Crippen molar-refractivity contribution in [1.29, 1.82) is 0 Å². The van der Waals surface area contributed by atoms with Crippen LogP contribution in [0.2, 0.25) is 0 Å². The standard InChI is InChI=1S/C22H21NO2/c1-17-10-8-9-15-20(17)22(18-11-4-2-5-12-18)23-21(24)16-25-19-13-6-3-7-14-19/h2-15,22H,16H2,1H3,(H,23,24)/t22-/m0/s1. The number of para-hydroxylation sites is 1. The predicted molar refractivity (Wildman–Crippen MR) is 99.5 cm³/mol. The Morgan fingerprint density at radius 2 is 1.48 bits per heavy atom. The zero-order valence-electron chi connectivity index (χ0n) is 14.2. The summed E-state index contributed by atoms with van der Waals surface area (Å²) in [4.78, 5) is 12.4. The van der Waals surface area contributed by atoms with Crippen LogP contribution in [0.5, 0.6) is 5.75 Å². The van der Waals surface area contributed by atoms with Crippen LogP contribution < -0.4 is 10.1 Å². The molecule has 0 heterocycles. The van der Waals surface area contributed by atoms with Crippen molar-refractivity contribution in [2.75, 3.05) is 6.61 Å². The lowest BCUT2D eigenvalue weighted by Crippen LogP contribution is -2.33. The molecule has 0 aliphatic heterocycles. The fourth-order valence-corrected chi connectivity index (χ4v) is 2.77. The van der Waals surface area contributed by atoms with E-state index in [1.54, 1.807) is 0 Å². The van der Waals surface area contributed by atoms with E-state index in [2.05, 4.69) is 18.3 Å². The van der Waals surface area contributed by atoms with Gasteiger partial charge in [0.1, 0.15) is 5.75 Å². The molecule has 0 fully saturated rings. The number of carbonyl (C=O) groups is 1. The van der Waals surface area contributed by atoms with Gasteiger partial charge in [-0.2, -0.15) is 0 Å². The van der Waals surface area contributed by atoms with Crippen molar-refractivity contribution in [2.24, 2.45) is 0 Å². The summed E-state index contributed by atoms with van der Waals surface area (Å²) in [5, 5.41) is 3.10. The lowest BCUT2D eigenvalue weighted by atomic mass is 9.95. The molecule has 3 nitrogen and oxygen atoms in total. The molecule has 1 amide bonds. The van der Waals surface area contributed by atoms with Gasteiger partial charge in [0.2, 0.25) is 0 Å². The number of amides is 1. The number of carbonyl (C=O) groups excluding carboxylic acids is 1. The zero-order chi connectivity index (χ0) is 17.5. The van der Waals surface area contributed by atoms with Gasteiger partial charge in [0.25, 0.3) is 5.91 Å². The molecular weight excluding hydrogens is 310 g/mol. The quantitative estimate of drug-likeness (QED) is 0.732. The predicted octanol–water partition coefficient (Wildman–Crippen LogP) is 4.28. The highest BCUT2D eigenvalue weighted by Gasteiger charge is 2.18. The third kappa shape index (κ3) is 4.48. The highest BCUT2D eigenvalue weighted by Crippen LogP contribution is 2.24. The second-order valence-corrected chi connectivity index (χ2v) is 5.87. The van der Waals surface area contributed by atoms with Gasteiger partial charge in [-0.1, -0.05) is 72.8 Å². The molecule has 0 saturated heterocycles. The molecular formula is C22H21NO2. The monoisotopic (exact) mass is 331 g/mol. The van der Waals surface area contributed by atoms with E-state index in [1.165, 1.54) is 0 Å². The maximum absolute atomic E-state index is 12.4. The molecule has 0 unspecified atom stereocenters. The van der Waals surface area contributed by atoms with Gasteiger partial charge in [-0.3, -0.25) is 4.79 Å². The minimum atomic E-state index is -0.200. The van der Waals surface area contributed by atoms with Gasteiger partial charge in [0.05, 0.1) is 6.04 Å². The highest BCUT2D eigenvalue weighted by atomic mass is 16.5. The molecule has 3 heteroatoms. The Hall–Kier alpha value is -3.07. The van der Waals surface area contributed by atoms with Crippen LogP contribution in [0.25, 0.3) is 0 Å². The number of hydrogen-bond donors (Lipinski definition) is 1. The van der Waals surface area contributed by atoms with E-state index in [4.69, 9.17) is 4.74 Å².